The highest BCUT2D eigenvalue weighted by Crippen LogP contribution is 2.33. The van der Waals surface area contributed by atoms with Crippen LogP contribution in [0.2, 0.25) is 0 Å². The minimum Gasteiger partial charge on any atom is -0.395 e. The Balaban J connectivity index is 1.83. The zero-order valence-electron chi connectivity index (χ0n) is 11.8. The van der Waals surface area contributed by atoms with E-state index >= 15 is 0 Å². The molecule has 0 atom stereocenters. The maximum Gasteiger partial charge on any atom is 0.146 e. The van der Waals surface area contributed by atoms with Gasteiger partial charge in [-0.2, -0.15) is 0 Å². The summed E-state index contributed by atoms with van der Waals surface area (Å²) in [6.07, 6.45) is 5.87. The van der Waals surface area contributed by atoms with Gasteiger partial charge in [0.15, 0.2) is 0 Å². The Hall–Kier alpha value is -1.13. The summed E-state index contributed by atoms with van der Waals surface area (Å²) in [5.74, 6) is -0.166. The van der Waals surface area contributed by atoms with E-state index in [0.717, 1.165) is 18.4 Å². The van der Waals surface area contributed by atoms with E-state index in [9.17, 15) is 9.50 Å². The smallest absolute Gasteiger partial charge is 0.146 e. The second kappa shape index (κ2) is 6.10. The average Bonchev–Trinajstić information content (AvgIpc) is 3.18. The molecule has 0 radical (unpaired) electrons. The Morgan fingerprint density at radius 2 is 2.05 bits per heavy atom. The lowest BCUT2D eigenvalue weighted by Crippen LogP contribution is -2.43. The van der Waals surface area contributed by atoms with Gasteiger partial charge in [-0.1, -0.05) is 12.1 Å². The van der Waals surface area contributed by atoms with Crippen LogP contribution in [0.3, 0.4) is 0 Å². The monoisotopic (exact) mass is 278 g/mol. The molecule has 2 aliphatic rings. The number of para-hydroxylation sites is 1. The van der Waals surface area contributed by atoms with Crippen molar-refractivity contribution in [1.29, 1.82) is 0 Å². The summed E-state index contributed by atoms with van der Waals surface area (Å²) < 4.78 is 14.3. The first-order valence-electron chi connectivity index (χ1n) is 7.68. The van der Waals surface area contributed by atoms with Gasteiger partial charge in [-0.3, -0.25) is 0 Å². The lowest BCUT2D eigenvalue weighted by atomic mass is 9.90. The van der Waals surface area contributed by atoms with Crippen LogP contribution in [0.25, 0.3) is 0 Å². The molecule has 3 nitrogen and oxygen atoms in total. The highest BCUT2D eigenvalue weighted by Gasteiger charge is 2.28. The topological polar surface area (TPSA) is 35.5 Å². The molecule has 2 fully saturated rings. The van der Waals surface area contributed by atoms with Gasteiger partial charge in [0.05, 0.1) is 12.3 Å². The SMILES string of the molecule is OCCN(c1c(F)cccc1CNC1CC1)C1CCC1. The third-order valence-electron chi connectivity index (χ3n) is 4.37. The van der Waals surface area contributed by atoms with Crippen LogP contribution in [-0.4, -0.2) is 30.3 Å². The molecule has 2 N–H and O–H groups in total. The lowest BCUT2D eigenvalue weighted by molar-refractivity contribution is 0.282. The van der Waals surface area contributed by atoms with E-state index in [1.165, 1.54) is 25.3 Å². The molecule has 1 aromatic rings. The van der Waals surface area contributed by atoms with Crippen molar-refractivity contribution in [2.75, 3.05) is 18.1 Å². The van der Waals surface area contributed by atoms with Gasteiger partial charge in [0.2, 0.25) is 0 Å². The van der Waals surface area contributed by atoms with E-state index in [1.807, 2.05) is 6.07 Å². The Bertz CT molecular complexity index is 458. The Labute approximate surface area is 119 Å². The highest BCUT2D eigenvalue weighted by atomic mass is 19.1. The number of benzene rings is 1. The van der Waals surface area contributed by atoms with Gasteiger partial charge < -0.3 is 15.3 Å². The average molecular weight is 278 g/mol. The maximum atomic E-state index is 14.3. The number of hydrogen-bond donors (Lipinski definition) is 2. The van der Waals surface area contributed by atoms with Gasteiger partial charge in [0.1, 0.15) is 5.82 Å². The van der Waals surface area contributed by atoms with Crippen LogP contribution in [-0.2, 0) is 6.54 Å². The van der Waals surface area contributed by atoms with Crippen molar-refractivity contribution in [3.8, 4) is 0 Å². The molecule has 0 heterocycles. The molecular weight excluding hydrogens is 255 g/mol. The molecular formula is C16H23FN2O. The molecule has 2 aliphatic carbocycles. The third-order valence-corrected chi connectivity index (χ3v) is 4.37. The molecule has 110 valence electrons. The van der Waals surface area contributed by atoms with Gasteiger partial charge in [-0.05, 0) is 43.7 Å². The summed E-state index contributed by atoms with van der Waals surface area (Å²) in [4.78, 5) is 2.07. The number of halogens is 1. The predicted octanol–water partition coefficient (Wildman–Crippen LogP) is 2.43. The Morgan fingerprint density at radius 3 is 2.65 bits per heavy atom. The fourth-order valence-electron chi connectivity index (χ4n) is 2.85. The zero-order valence-corrected chi connectivity index (χ0v) is 11.8. The Morgan fingerprint density at radius 1 is 1.25 bits per heavy atom. The zero-order chi connectivity index (χ0) is 13.9. The van der Waals surface area contributed by atoms with Crippen LogP contribution in [0.15, 0.2) is 18.2 Å². The van der Waals surface area contributed by atoms with Gasteiger partial charge in [0, 0.05) is 25.2 Å². The molecule has 3 rings (SSSR count). The molecule has 0 unspecified atom stereocenters. The van der Waals surface area contributed by atoms with Crippen LogP contribution in [0.4, 0.5) is 10.1 Å². The number of hydrogen-bond acceptors (Lipinski definition) is 3. The summed E-state index contributed by atoms with van der Waals surface area (Å²) in [7, 11) is 0. The largest absolute Gasteiger partial charge is 0.395 e. The molecule has 4 heteroatoms. The number of anilines is 1. The second-order valence-corrected chi connectivity index (χ2v) is 5.90. The van der Waals surface area contributed by atoms with Crippen LogP contribution < -0.4 is 10.2 Å². The summed E-state index contributed by atoms with van der Waals surface area (Å²) in [5, 5.41) is 12.8. The minimum absolute atomic E-state index is 0.0698. The van der Waals surface area contributed by atoms with E-state index in [1.54, 1.807) is 6.07 Å². The molecule has 0 bridgehead atoms. The molecule has 0 aromatic heterocycles. The summed E-state index contributed by atoms with van der Waals surface area (Å²) in [6, 6.07) is 6.30. The van der Waals surface area contributed by atoms with Crippen LogP contribution in [0.5, 0.6) is 0 Å². The van der Waals surface area contributed by atoms with Gasteiger partial charge in [-0.15, -0.1) is 0 Å². The van der Waals surface area contributed by atoms with Crippen molar-refractivity contribution in [3.05, 3.63) is 29.6 Å². The summed E-state index contributed by atoms with van der Waals surface area (Å²) in [5.41, 5.74) is 1.71. The van der Waals surface area contributed by atoms with E-state index < -0.39 is 0 Å². The number of aliphatic hydroxyl groups is 1. The normalized spacial score (nSPS) is 18.9. The highest BCUT2D eigenvalue weighted by molar-refractivity contribution is 5.56. The van der Waals surface area contributed by atoms with Crippen LogP contribution >= 0.6 is 0 Å². The number of nitrogens with zero attached hydrogens (tertiary/aromatic N) is 1. The quantitative estimate of drug-likeness (QED) is 0.804. The first kappa shape index (κ1) is 13.8. The molecule has 1 aromatic carbocycles. The van der Waals surface area contributed by atoms with Crippen molar-refractivity contribution in [1.82, 2.24) is 5.32 Å². The fourth-order valence-corrected chi connectivity index (χ4v) is 2.85. The molecule has 0 saturated heterocycles. The Kier molecular flexibility index (Phi) is 4.22. The van der Waals surface area contributed by atoms with Crippen molar-refractivity contribution < 1.29 is 9.50 Å². The first-order chi connectivity index (χ1) is 9.79. The lowest BCUT2D eigenvalue weighted by Gasteiger charge is -2.40. The number of rotatable bonds is 7. The minimum atomic E-state index is -0.166. The van der Waals surface area contributed by atoms with Crippen molar-refractivity contribution in [3.63, 3.8) is 0 Å². The van der Waals surface area contributed by atoms with E-state index in [-0.39, 0.29) is 12.4 Å². The standard InChI is InChI=1S/C16H23FN2O/c17-15-6-1-3-12(11-18-13-7-8-13)16(15)19(9-10-20)14-4-2-5-14/h1,3,6,13-14,18,20H,2,4-5,7-11H2. The van der Waals surface area contributed by atoms with E-state index in [4.69, 9.17) is 0 Å². The van der Waals surface area contributed by atoms with E-state index in [0.29, 0.717) is 30.9 Å². The summed E-state index contributed by atoms with van der Waals surface area (Å²) >= 11 is 0. The molecule has 20 heavy (non-hydrogen) atoms. The van der Waals surface area contributed by atoms with Crippen molar-refractivity contribution >= 4 is 5.69 Å². The fraction of sp³-hybridized carbons (Fsp3) is 0.625. The maximum absolute atomic E-state index is 14.3. The second-order valence-electron chi connectivity index (χ2n) is 5.90. The van der Waals surface area contributed by atoms with Crippen LogP contribution in [0.1, 0.15) is 37.7 Å². The number of nitrogens with one attached hydrogen (secondary N) is 1. The molecule has 2 saturated carbocycles. The van der Waals surface area contributed by atoms with Crippen molar-refractivity contribution in [2.24, 2.45) is 0 Å². The molecule has 0 amide bonds. The van der Waals surface area contributed by atoms with Gasteiger partial charge in [0.25, 0.3) is 0 Å². The van der Waals surface area contributed by atoms with E-state index in [2.05, 4.69) is 10.2 Å². The summed E-state index contributed by atoms with van der Waals surface area (Å²) in [6.45, 7) is 1.30. The third kappa shape index (κ3) is 2.96. The first-order valence-corrected chi connectivity index (χ1v) is 7.68. The number of aliphatic hydroxyl groups excluding tert-OH is 1. The van der Waals surface area contributed by atoms with Gasteiger partial charge in [-0.25, -0.2) is 4.39 Å². The molecule has 0 aliphatic heterocycles. The van der Waals surface area contributed by atoms with Crippen molar-refractivity contribution in [2.45, 2.75) is 50.7 Å². The predicted molar refractivity (Wildman–Crippen MR) is 78.3 cm³/mol. The molecule has 0 spiro atoms. The van der Waals surface area contributed by atoms with Crippen LogP contribution in [0, 0.1) is 5.82 Å². The van der Waals surface area contributed by atoms with Gasteiger partial charge >= 0.3 is 0 Å².